The van der Waals surface area contributed by atoms with Gasteiger partial charge in [-0.2, -0.15) is 5.26 Å². The Balaban J connectivity index is 1.82. The van der Waals surface area contributed by atoms with Crippen LogP contribution in [0.15, 0.2) is 63.1 Å². The molecule has 0 atom stereocenters. The van der Waals surface area contributed by atoms with Gasteiger partial charge < -0.3 is 13.6 Å². The summed E-state index contributed by atoms with van der Waals surface area (Å²) in [4.78, 5) is 24.2. The van der Waals surface area contributed by atoms with Crippen LogP contribution in [0.2, 0.25) is 0 Å². The first kappa shape index (κ1) is 18.9. The van der Waals surface area contributed by atoms with Crippen LogP contribution in [0.5, 0.6) is 0 Å². The summed E-state index contributed by atoms with van der Waals surface area (Å²) in [6.45, 7) is 3.72. The van der Waals surface area contributed by atoms with Crippen LogP contribution < -0.4 is 0 Å². The summed E-state index contributed by atoms with van der Waals surface area (Å²) in [6.07, 6.45) is 2.80. The number of allylic oxidation sites excluding steroid dienone is 1. The lowest BCUT2D eigenvalue weighted by Crippen LogP contribution is -2.03. The molecule has 0 spiro atoms. The predicted molar refractivity (Wildman–Crippen MR) is 101 cm³/mol. The Labute approximate surface area is 161 Å². The van der Waals surface area contributed by atoms with E-state index in [0.29, 0.717) is 35.0 Å². The second-order valence-electron chi connectivity index (χ2n) is 5.89. The van der Waals surface area contributed by atoms with E-state index < -0.39 is 5.78 Å². The molecule has 0 unspecified atom stereocenters. The number of esters is 1. The molecule has 0 radical (unpaired) electrons. The number of Topliss-reactive ketones (excluding diaryl/α,β-unsaturated/α-hetero) is 1. The lowest BCUT2D eigenvalue weighted by atomic mass is 10.0. The molecule has 0 bridgehead atoms. The largest absolute Gasteiger partial charge is 0.469 e. The molecule has 3 rings (SSSR count). The molecule has 6 nitrogen and oxygen atoms in total. The molecule has 28 heavy (non-hydrogen) atoms. The average Bonchev–Trinajstić information content (AvgIpc) is 3.35. The van der Waals surface area contributed by atoms with Gasteiger partial charge in [0.05, 0.1) is 24.0 Å². The summed E-state index contributed by atoms with van der Waals surface area (Å²) in [7, 11) is 0. The van der Waals surface area contributed by atoms with Crippen molar-refractivity contribution in [3.8, 4) is 17.4 Å². The van der Waals surface area contributed by atoms with Crippen LogP contribution in [0.25, 0.3) is 17.4 Å². The highest BCUT2D eigenvalue weighted by Gasteiger charge is 2.17. The Morgan fingerprint density at radius 1 is 1.14 bits per heavy atom. The molecule has 0 saturated heterocycles. The number of benzene rings is 1. The second kappa shape index (κ2) is 8.23. The summed E-state index contributed by atoms with van der Waals surface area (Å²) >= 11 is 0. The molecule has 0 fully saturated rings. The molecular formula is C22H17NO5. The van der Waals surface area contributed by atoms with Gasteiger partial charge >= 0.3 is 5.97 Å². The van der Waals surface area contributed by atoms with Crippen LogP contribution in [0.1, 0.15) is 39.2 Å². The summed E-state index contributed by atoms with van der Waals surface area (Å²) in [5.41, 5.74) is 1.49. The zero-order valence-corrected chi connectivity index (χ0v) is 15.4. The van der Waals surface area contributed by atoms with E-state index in [1.807, 2.05) is 6.07 Å². The zero-order valence-electron chi connectivity index (χ0n) is 15.4. The van der Waals surface area contributed by atoms with Gasteiger partial charge in [0.25, 0.3) is 0 Å². The van der Waals surface area contributed by atoms with Crippen molar-refractivity contribution in [3.05, 3.63) is 76.9 Å². The van der Waals surface area contributed by atoms with Crippen molar-refractivity contribution in [1.29, 1.82) is 5.26 Å². The normalized spacial score (nSPS) is 11.1. The minimum Gasteiger partial charge on any atom is -0.469 e. The minimum atomic E-state index is -0.425. The number of ether oxygens (including phenoxy) is 1. The van der Waals surface area contributed by atoms with E-state index >= 15 is 0 Å². The van der Waals surface area contributed by atoms with Crippen molar-refractivity contribution in [3.63, 3.8) is 0 Å². The third kappa shape index (κ3) is 3.94. The number of hydrogen-bond acceptors (Lipinski definition) is 6. The summed E-state index contributed by atoms with van der Waals surface area (Å²) in [6, 6.07) is 13.6. The number of nitriles is 1. The summed E-state index contributed by atoms with van der Waals surface area (Å²) in [5, 5.41) is 9.34. The number of hydrogen-bond donors (Lipinski definition) is 0. The third-order valence-electron chi connectivity index (χ3n) is 4.06. The van der Waals surface area contributed by atoms with E-state index in [1.54, 1.807) is 50.2 Å². The number of carbonyl (C=O) groups excluding carboxylic acids is 2. The standard InChI is InChI=1S/C22H17NO5/c1-3-26-22(25)16-6-4-15(5-7-16)20-9-8-18(28-20)12-17(13-23)21(24)19-10-11-27-14(19)2/h4-12H,3H2,1-2H3/b17-12+. The molecule has 0 aliphatic heterocycles. The Bertz CT molecular complexity index is 1080. The second-order valence-corrected chi connectivity index (χ2v) is 5.89. The number of furan rings is 2. The van der Waals surface area contributed by atoms with Gasteiger partial charge in [-0.25, -0.2) is 4.79 Å². The molecule has 2 heterocycles. The lowest BCUT2D eigenvalue weighted by molar-refractivity contribution is 0.0526. The van der Waals surface area contributed by atoms with Gasteiger partial charge in [-0.3, -0.25) is 4.79 Å². The molecular weight excluding hydrogens is 358 g/mol. The van der Waals surface area contributed by atoms with Gasteiger partial charge in [-0.05, 0) is 44.2 Å². The van der Waals surface area contributed by atoms with E-state index in [9.17, 15) is 14.9 Å². The molecule has 0 saturated carbocycles. The molecule has 6 heteroatoms. The number of nitrogens with zero attached hydrogens (tertiary/aromatic N) is 1. The van der Waals surface area contributed by atoms with Crippen LogP contribution in [-0.2, 0) is 4.74 Å². The number of ketones is 1. The van der Waals surface area contributed by atoms with Gasteiger partial charge in [0.1, 0.15) is 28.9 Å². The van der Waals surface area contributed by atoms with Crippen LogP contribution in [0.3, 0.4) is 0 Å². The fourth-order valence-corrected chi connectivity index (χ4v) is 2.63. The van der Waals surface area contributed by atoms with Gasteiger partial charge in [-0.1, -0.05) is 12.1 Å². The van der Waals surface area contributed by atoms with E-state index in [1.165, 1.54) is 18.4 Å². The smallest absolute Gasteiger partial charge is 0.338 e. The van der Waals surface area contributed by atoms with Gasteiger partial charge in [-0.15, -0.1) is 0 Å². The van der Waals surface area contributed by atoms with Gasteiger partial charge in [0, 0.05) is 11.6 Å². The van der Waals surface area contributed by atoms with E-state index in [0.717, 1.165) is 5.56 Å². The van der Waals surface area contributed by atoms with E-state index in [2.05, 4.69) is 0 Å². The molecule has 3 aromatic rings. The maximum atomic E-state index is 12.5. The Kier molecular flexibility index (Phi) is 5.56. The van der Waals surface area contributed by atoms with Crippen molar-refractivity contribution < 1.29 is 23.2 Å². The van der Waals surface area contributed by atoms with Crippen LogP contribution in [0, 0.1) is 18.3 Å². The quantitative estimate of drug-likeness (QED) is 0.265. The summed E-state index contributed by atoms with van der Waals surface area (Å²) in [5.74, 6) is 0.559. The number of carbonyl (C=O) groups is 2. The monoisotopic (exact) mass is 375 g/mol. The molecule has 0 N–H and O–H groups in total. The van der Waals surface area contributed by atoms with Crippen LogP contribution in [-0.4, -0.2) is 18.4 Å². The summed E-state index contributed by atoms with van der Waals surface area (Å²) < 4.78 is 15.8. The third-order valence-corrected chi connectivity index (χ3v) is 4.06. The van der Waals surface area contributed by atoms with Gasteiger partial charge in [0.2, 0.25) is 5.78 Å². The molecule has 2 aromatic heterocycles. The van der Waals surface area contributed by atoms with E-state index in [4.69, 9.17) is 13.6 Å². The molecule has 1 aromatic carbocycles. The first-order valence-corrected chi connectivity index (χ1v) is 8.61. The highest BCUT2D eigenvalue weighted by atomic mass is 16.5. The van der Waals surface area contributed by atoms with Gasteiger partial charge in [0.15, 0.2) is 0 Å². The minimum absolute atomic E-state index is 0.0527. The van der Waals surface area contributed by atoms with Crippen molar-refractivity contribution >= 4 is 17.8 Å². The Hall–Kier alpha value is -3.85. The predicted octanol–water partition coefficient (Wildman–Crippen LogP) is 4.81. The van der Waals surface area contributed by atoms with Crippen molar-refractivity contribution in [1.82, 2.24) is 0 Å². The Morgan fingerprint density at radius 3 is 2.50 bits per heavy atom. The molecule has 0 amide bonds. The van der Waals surface area contributed by atoms with Crippen LogP contribution >= 0.6 is 0 Å². The number of aryl methyl sites for hydroxylation is 1. The topological polar surface area (TPSA) is 93.4 Å². The average molecular weight is 375 g/mol. The first-order valence-electron chi connectivity index (χ1n) is 8.61. The zero-order chi connectivity index (χ0) is 20.1. The van der Waals surface area contributed by atoms with Crippen molar-refractivity contribution in [2.24, 2.45) is 0 Å². The Morgan fingerprint density at radius 2 is 1.89 bits per heavy atom. The lowest BCUT2D eigenvalue weighted by Gasteiger charge is -2.02. The maximum absolute atomic E-state index is 12.5. The van der Waals surface area contributed by atoms with Crippen molar-refractivity contribution in [2.45, 2.75) is 13.8 Å². The van der Waals surface area contributed by atoms with Crippen LogP contribution in [0.4, 0.5) is 0 Å². The fourth-order valence-electron chi connectivity index (χ4n) is 2.63. The molecule has 140 valence electrons. The SMILES string of the molecule is CCOC(=O)c1ccc(-c2ccc(/C=C(\C#N)C(=O)c3ccoc3C)o2)cc1. The molecule has 0 aliphatic rings. The highest BCUT2D eigenvalue weighted by Crippen LogP contribution is 2.25. The first-order chi connectivity index (χ1) is 13.5. The number of rotatable bonds is 6. The maximum Gasteiger partial charge on any atom is 0.338 e. The van der Waals surface area contributed by atoms with Crippen molar-refractivity contribution in [2.75, 3.05) is 6.61 Å². The molecule has 0 aliphatic carbocycles. The highest BCUT2D eigenvalue weighted by molar-refractivity contribution is 6.14. The van der Waals surface area contributed by atoms with E-state index in [-0.39, 0.29) is 11.5 Å². The fraction of sp³-hybridized carbons (Fsp3) is 0.136.